The Labute approximate surface area is 113 Å². The number of rotatable bonds is 4. The fourth-order valence-corrected chi connectivity index (χ4v) is 2.65. The van der Waals surface area contributed by atoms with Gasteiger partial charge in [-0.2, -0.15) is 5.10 Å². The van der Waals surface area contributed by atoms with E-state index in [0.717, 1.165) is 37.7 Å². The Morgan fingerprint density at radius 2 is 2.26 bits per heavy atom. The van der Waals surface area contributed by atoms with E-state index >= 15 is 0 Å². The molecule has 5 nitrogen and oxygen atoms in total. The van der Waals surface area contributed by atoms with E-state index in [2.05, 4.69) is 32.8 Å². The lowest BCUT2D eigenvalue weighted by Crippen LogP contribution is -2.24. The predicted octanol–water partition coefficient (Wildman–Crippen LogP) is 1.98. The van der Waals surface area contributed by atoms with Crippen molar-refractivity contribution >= 4 is 0 Å². The maximum Gasteiger partial charge on any atom is 0.191 e. The first kappa shape index (κ1) is 12.4. The number of aromatic nitrogens is 3. The molecule has 2 aromatic heterocycles. The average Bonchev–Trinajstić information content (AvgIpc) is 3.07. The summed E-state index contributed by atoms with van der Waals surface area (Å²) in [6.07, 6.45) is 8.01. The maximum absolute atomic E-state index is 5.50. The van der Waals surface area contributed by atoms with Gasteiger partial charge in [0, 0.05) is 39.2 Å². The monoisotopic (exact) mass is 260 g/mol. The number of oxazole rings is 1. The van der Waals surface area contributed by atoms with Crippen LogP contribution in [0.4, 0.5) is 0 Å². The summed E-state index contributed by atoms with van der Waals surface area (Å²) in [4.78, 5) is 6.60. The molecule has 0 spiro atoms. The highest BCUT2D eigenvalue weighted by Crippen LogP contribution is 2.21. The van der Waals surface area contributed by atoms with Gasteiger partial charge in [-0.05, 0) is 18.9 Å². The smallest absolute Gasteiger partial charge is 0.191 e. The molecule has 1 fully saturated rings. The van der Waals surface area contributed by atoms with E-state index in [1.807, 2.05) is 19.3 Å². The van der Waals surface area contributed by atoms with E-state index < -0.39 is 0 Å². The SMILES string of the molecule is Cc1cnn(C2CCN(CCc3cnc(C)o3)C2)c1. The standard InChI is InChI=1S/C14H20N4O/c1-11-7-16-18(9-11)13-3-5-17(10-13)6-4-14-8-15-12(2)19-14/h7-9,13H,3-6,10H2,1-2H3. The van der Waals surface area contributed by atoms with Gasteiger partial charge >= 0.3 is 0 Å². The second-order valence-corrected chi connectivity index (χ2v) is 5.34. The molecule has 0 radical (unpaired) electrons. The van der Waals surface area contributed by atoms with Crippen LogP contribution in [0.5, 0.6) is 0 Å². The Balaban J connectivity index is 1.52. The van der Waals surface area contributed by atoms with Crippen molar-refractivity contribution in [2.24, 2.45) is 0 Å². The second-order valence-electron chi connectivity index (χ2n) is 5.34. The topological polar surface area (TPSA) is 47.1 Å². The number of likely N-dealkylation sites (tertiary alicyclic amines) is 1. The van der Waals surface area contributed by atoms with E-state index in [1.165, 1.54) is 12.0 Å². The van der Waals surface area contributed by atoms with Crippen molar-refractivity contribution in [3.8, 4) is 0 Å². The molecule has 1 aliphatic rings. The molecular weight excluding hydrogens is 240 g/mol. The fraction of sp³-hybridized carbons (Fsp3) is 0.571. The Hall–Kier alpha value is -1.62. The molecule has 1 aliphatic heterocycles. The molecule has 0 saturated carbocycles. The summed E-state index contributed by atoms with van der Waals surface area (Å²) in [7, 11) is 0. The first-order valence-electron chi connectivity index (χ1n) is 6.85. The minimum atomic E-state index is 0.519. The van der Waals surface area contributed by atoms with Gasteiger partial charge in [0.2, 0.25) is 0 Å². The summed E-state index contributed by atoms with van der Waals surface area (Å²) >= 11 is 0. The second kappa shape index (κ2) is 5.17. The van der Waals surface area contributed by atoms with Crippen LogP contribution in [0, 0.1) is 13.8 Å². The van der Waals surface area contributed by atoms with Crippen molar-refractivity contribution in [1.29, 1.82) is 0 Å². The van der Waals surface area contributed by atoms with E-state index in [0.29, 0.717) is 6.04 Å². The Kier molecular flexibility index (Phi) is 3.38. The normalized spacial score (nSPS) is 20.2. The number of aryl methyl sites for hydroxylation is 2. The number of hydrogen-bond acceptors (Lipinski definition) is 4. The van der Waals surface area contributed by atoms with Crippen LogP contribution in [0.15, 0.2) is 23.0 Å². The number of hydrogen-bond donors (Lipinski definition) is 0. The predicted molar refractivity (Wildman–Crippen MR) is 72.0 cm³/mol. The highest BCUT2D eigenvalue weighted by Gasteiger charge is 2.24. The van der Waals surface area contributed by atoms with Crippen LogP contribution >= 0.6 is 0 Å². The highest BCUT2D eigenvalue weighted by atomic mass is 16.3. The Morgan fingerprint density at radius 1 is 1.37 bits per heavy atom. The first-order chi connectivity index (χ1) is 9.20. The summed E-state index contributed by atoms with van der Waals surface area (Å²) in [5, 5.41) is 4.42. The quantitative estimate of drug-likeness (QED) is 0.843. The van der Waals surface area contributed by atoms with E-state index in [1.54, 1.807) is 0 Å². The minimum absolute atomic E-state index is 0.519. The fourth-order valence-electron chi connectivity index (χ4n) is 2.65. The molecule has 1 unspecified atom stereocenters. The molecular formula is C14H20N4O. The van der Waals surface area contributed by atoms with Crippen LogP contribution in [0.1, 0.15) is 29.7 Å². The van der Waals surface area contributed by atoms with Crippen molar-refractivity contribution < 1.29 is 4.42 Å². The van der Waals surface area contributed by atoms with Gasteiger partial charge in [-0.1, -0.05) is 0 Å². The van der Waals surface area contributed by atoms with Crippen molar-refractivity contribution in [3.05, 3.63) is 35.8 Å². The summed E-state index contributed by atoms with van der Waals surface area (Å²) in [5.41, 5.74) is 1.23. The zero-order chi connectivity index (χ0) is 13.2. The molecule has 0 aliphatic carbocycles. The Morgan fingerprint density at radius 3 is 2.95 bits per heavy atom. The lowest BCUT2D eigenvalue weighted by Gasteiger charge is -2.15. The maximum atomic E-state index is 5.50. The van der Waals surface area contributed by atoms with Crippen LogP contribution in [0.3, 0.4) is 0 Å². The van der Waals surface area contributed by atoms with E-state index in [4.69, 9.17) is 4.42 Å². The molecule has 3 heterocycles. The summed E-state index contributed by atoms with van der Waals surface area (Å²) in [6, 6.07) is 0.519. The molecule has 0 amide bonds. The molecule has 0 N–H and O–H groups in total. The molecule has 102 valence electrons. The van der Waals surface area contributed by atoms with Gasteiger partial charge < -0.3 is 9.32 Å². The Bertz CT molecular complexity index is 545. The molecule has 2 aromatic rings. The van der Waals surface area contributed by atoms with E-state index in [9.17, 15) is 0 Å². The molecule has 1 saturated heterocycles. The van der Waals surface area contributed by atoms with Gasteiger partial charge in [0.05, 0.1) is 18.4 Å². The van der Waals surface area contributed by atoms with E-state index in [-0.39, 0.29) is 0 Å². The summed E-state index contributed by atoms with van der Waals surface area (Å²) < 4.78 is 7.61. The molecule has 0 aromatic carbocycles. The van der Waals surface area contributed by atoms with Gasteiger partial charge in [-0.25, -0.2) is 4.98 Å². The molecule has 1 atom stereocenters. The van der Waals surface area contributed by atoms with Gasteiger partial charge in [-0.3, -0.25) is 4.68 Å². The molecule has 0 bridgehead atoms. The zero-order valence-electron chi connectivity index (χ0n) is 11.5. The third-order valence-electron chi connectivity index (χ3n) is 3.70. The third kappa shape index (κ3) is 2.87. The van der Waals surface area contributed by atoms with Crippen LogP contribution in [-0.2, 0) is 6.42 Å². The molecule has 5 heteroatoms. The van der Waals surface area contributed by atoms with Crippen LogP contribution in [-0.4, -0.2) is 39.3 Å². The largest absolute Gasteiger partial charge is 0.446 e. The summed E-state index contributed by atoms with van der Waals surface area (Å²) in [6.45, 7) is 7.22. The zero-order valence-corrected chi connectivity index (χ0v) is 11.5. The van der Waals surface area contributed by atoms with Crippen molar-refractivity contribution in [2.75, 3.05) is 19.6 Å². The summed E-state index contributed by atoms with van der Waals surface area (Å²) in [5.74, 6) is 1.73. The van der Waals surface area contributed by atoms with Gasteiger partial charge in [0.15, 0.2) is 5.89 Å². The number of nitrogens with zero attached hydrogens (tertiary/aromatic N) is 4. The molecule has 19 heavy (non-hydrogen) atoms. The minimum Gasteiger partial charge on any atom is -0.446 e. The van der Waals surface area contributed by atoms with Crippen molar-refractivity contribution in [3.63, 3.8) is 0 Å². The van der Waals surface area contributed by atoms with Crippen molar-refractivity contribution in [2.45, 2.75) is 32.7 Å². The van der Waals surface area contributed by atoms with Crippen LogP contribution in [0.25, 0.3) is 0 Å². The lowest BCUT2D eigenvalue weighted by molar-refractivity contribution is 0.312. The van der Waals surface area contributed by atoms with Gasteiger partial charge in [0.25, 0.3) is 0 Å². The lowest BCUT2D eigenvalue weighted by atomic mass is 10.3. The first-order valence-corrected chi connectivity index (χ1v) is 6.85. The van der Waals surface area contributed by atoms with Gasteiger partial charge in [-0.15, -0.1) is 0 Å². The highest BCUT2D eigenvalue weighted by molar-refractivity contribution is 5.01. The van der Waals surface area contributed by atoms with Gasteiger partial charge in [0.1, 0.15) is 5.76 Å². The molecule has 3 rings (SSSR count). The average molecular weight is 260 g/mol. The van der Waals surface area contributed by atoms with Crippen LogP contribution < -0.4 is 0 Å². The van der Waals surface area contributed by atoms with Crippen LogP contribution in [0.2, 0.25) is 0 Å². The third-order valence-corrected chi connectivity index (χ3v) is 3.70. The van der Waals surface area contributed by atoms with Crippen molar-refractivity contribution in [1.82, 2.24) is 19.7 Å².